The molecule has 8 nitrogen and oxygen atoms in total. The third kappa shape index (κ3) is 5.21. The molecule has 8 heteroatoms. The van der Waals surface area contributed by atoms with E-state index in [-0.39, 0.29) is 12.1 Å². The Labute approximate surface area is 159 Å². The highest BCUT2D eigenvalue weighted by Crippen LogP contribution is 2.22. The average Bonchev–Trinajstić information content (AvgIpc) is 3.13. The van der Waals surface area contributed by atoms with E-state index in [1.165, 1.54) is 0 Å². The Balaban J connectivity index is 1.62. The largest absolute Gasteiger partial charge is 0.497 e. The molecule has 1 aromatic heterocycles. The summed E-state index contributed by atoms with van der Waals surface area (Å²) in [6.07, 6.45) is 3.59. The number of nitrogens with one attached hydrogen (secondary N) is 2. The van der Waals surface area contributed by atoms with Crippen LogP contribution in [0.2, 0.25) is 0 Å². The molecule has 1 aromatic carbocycles. The molecule has 0 aliphatic carbocycles. The van der Waals surface area contributed by atoms with Crippen LogP contribution >= 0.6 is 0 Å². The molecular weight excluding hydrogens is 346 g/mol. The summed E-state index contributed by atoms with van der Waals surface area (Å²) in [6.45, 7) is 4.72. The number of benzene rings is 1. The van der Waals surface area contributed by atoms with Crippen molar-refractivity contribution in [3.63, 3.8) is 0 Å². The van der Waals surface area contributed by atoms with Gasteiger partial charge in [0.25, 0.3) is 0 Å². The summed E-state index contributed by atoms with van der Waals surface area (Å²) < 4.78 is 12.5. The lowest BCUT2D eigenvalue weighted by atomic mass is 10.1. The molecule has 1 aliphatic rings. The molecule has 2 N–H and O–H groups in total. The monoisotopic (exact) mass is 373 g/mol. The minimum atomic E-state index is -0.348. The van der Waals surface area contributed by atoms with Gasteiger partial charge >= 0.3 is 6.03 Å². The fourth-order valence-corrected chi connectivity index (χ4v) is 3.08. The molecule has 2 aromatic rings. The van der Waals surface area contributed by atoms with Crippen LogP contribution in [0.4, 0.5) is 4.79 Å². The number of ether oxygens (including phenoxy) is 2. The Morgan fingerprint density at radius 1 is 1.30 bits per heavy atom. The minimum absolute atomic E-state index is 0.216. The van der Waals surface area contributed by atoms with E-state index in [9.17, 15) is 4.79 Å². The lowest BCUT2D eigenvalue weighted by Crippen LogP contribution is -2.44. The van der Waals surface area contributed by atoms with E-state index >= 15 is 0 Å². The molecule has 1 unspecified atom stereocenters. The van der Waals surface area contributed by atoms with Crippen LogP contribution in [-0.4, -0.2) is 67.0 Å². The summed E-state index contributed by atoms with van der Waals surface area (Å²) in [6, 6.07) is 7.07. The van der Waals surface area contributed by atoms with Gasteiger partial charge < -0.3 is 24.7 Å². The van der Waals surface area contributed by atoms with Gasteiger partial charge in [-0.25, -0.2) is 9.78 Å². The second-order valence-corrected chi connectivity index (χ2v) is 6.46. The summed E-state index contributed by atoms with van der Waals surface area (Å²) in [7, 11) is 3.54. The first-order valence-electron chi connectivity index (χ1n) is 9.13. The van der Waals surface area contributed by atoms with Gasteiger partial charge in [-0.2, -0.15) is 0 Å². The minimum Gasteiger partial charge on any atom is -0.497 e. The molecule has 0 radical (unpaired) electrons. The Kier molecular flexibility index (Phi) is 6.67. The topological polar surface area (TPSA) is 80.7 Å². The van der Waals surface area contributed by atoms with Crippen molar-refractivity contribution in [3.05, 3.63) is 48.0 Å². The molecule has 1 saturated heterocycles. The van der Waals surface area contributed by atoms with E-state index in [1.54, 1.807) is 13.3 Å². The molecule has 1 aliphatic heterocycles. The van der Waals surface area contributed by atoms with Crippen LogP contribution in [0.3, 0.4) is 0 Å². The van der Waals surface area contributed by atoms with E-state index in [1.807, 2.05) is 42.1 Å². The van der Waals surface area contributed by atoms with Crippen molar-refractivity contribution in [1.82, 2.24) is 25.1 Å². The molecule has 27 heavy (non-hydrogen) atoms. The van der Waals surface area contributed by atoms with Crippen LogP contribution in [0, 0.1) is 0 Å². The Morgan fingerprint density at radius 3 is 2.67 bits per heavy atom. The number of carbonyl (C=O) groups excluding carboxylic acids is 1. The molecule has 0 saturated carbocycles. The smallest absolute Gasteiger partial charge is 0.315 e. The van der Waals surface area contributed by atoms with Crippen LogP contribution in [0.1, 0.15) is 17.4 Å². The third-order valence-corrected chi connectivity index (χ3v) is 4.66. The van der Waals surface area contributed by atoms with E-state index in [0.717, 1.165) is 50.0 Å². The second kappa shape index (κ2) is 9.38. The molecule has 146 valence electrons. The SMILES string of the molecule is COc1ccc(C(NC(=O)NCCN2CCOCC2)c2nccn2C)cc1. The number of aromatic nitrogens is 2. The van der Waals surface area contributed by atoms with Crippen molar-refractivity contribution in [2.75, 3.05) is 46.5 Å². The van der Waals surface area contributed by atoms with Crippen LogP contribution in [0.5, 0.6) is 5.75 Å². The predicted octanol–water partition coefficient (Wildman–Crippen LogP) is 1.15. The molecule has 0 spiro atoms. The zero-order valence-corrected chi connectivity index (χ0v) is 15.9. The van der Waals surface area contributed by atoms with Gasteiger partial charge in [0.15, 0.2) is 0 Å². The summed E-state index contributed by atoms with van der Waals surface area (Å²) in [4.78, 5) is 19.2. The highest BCUT2D eigenvalue weighted by Gasteiger charge is 2.21. The summed E-state index contributed by atoms with van der Waals surface area (Å²) >= 11 is 0. The summed E-state index contributed by atoms with van der Waals surface area (Å²) in [5.74, 6) is 1.54. The molecular formula is C19H27N5O3. The van der Waals surface area contributed by atoms with E-state index < -0.39 is 0 Å². The number of morpholine rings is 1. The van der Waals surface area contributed by atoms with Crippen LogP contribution in [0.15, 0.2) is 36.7 Å². The number of hydrogen-bond donors (Lipinski definition) is 2. The van der Waals surface area contributed by atoms with Crippen molar-refractivity contribution in [2.24, 2.45) is 7.05 Å². The first kappa shape index (κ1) is 19.2. The van der Waals surface area contributed by atoms with Crippen molar-refractivity contribution in [3.8, 4) is 5.75 Å². The lowest BCUT2D eigenvalue weighted by molar-refractivity contribution is 0.0387. The van der Waals surface area contributed by atoms with E-state index in [4.69, 9.17) is 9.47 Å². The molecule has 3 rings (SSSR count). The van der Waals surface area contributed by atoms with Gasteiger partial charge in [0.2, 0.25) is 0 Å². The maximum absolute atomic E-state index is 12.5. The number of nitrogens with zero attached hydrogens (tertiary/aromatic N) is 3. The highest BCUT2D eigenvalue weighted by molar-refractivity contribution is 5.74. The summed E-state index contributed by atoms with van der Waals surface area (Å²) in [5.41, 5.74) is 0.938. The Hall–Kier alpha value is -2.58. The second-order valence-electron chi connectivity index (χ2n) is 6.46. The van der Waals surface area contributed by atoms with Gasteiger partial charge in [-0.05, 0) is 17.7 Å². The van der Waals surface area contributed by atoms with Crippen LogP contribution < -0.4 is 15.4 Å². The zero-order valence-electron chi connectivity index (χ0n) is 15.9. The molecule has 2 heterocycles. The number of carbonyl (C=O) groups is 1. The maximum Gasteiger partial charge on any atom is 0.315 e. The number of aryl methyl sites for hydroxylation is 1. The zero-order chi connectivity index (χ0) is 19.1. The number of amides is 2. The van der Waals surface area contributed by atoms with Gasteiger partial charge in [0.05, 0.1) is 20.3 Å². The number of methoxy groups -OCH3 is 1. The van der Waals surface area contributed by atoms with Gasteiger partial charge in [0, 0.05) is 45.6 Å². The normalized spacial score (nSPS) is 15.9. The number of rotatable bonds is 7. The maximum atomic E-state index is 12.5. The first-order valence-corrected chi connectivity index (χ1v) is 9.13. The van der Waals surface area contributed by atoms with Crippen molar-refractivity contribution >= 4 is 6.03 Å². The average molecular weight is 373 g/mol. The number of hydrogen-bond acceptors (Lipinski definition) is 5. The van der Waals surface area contributed by atoms with Gasteiger partial charge in [-0.1, -0.05) is 12.1 Å². The fraction of sp³-hybridized carbons (Fsp3) is 0.474. The van der Waals surface area contributed by atoms with Crippen LogP contribution in [-0.2, 0) is 11.8 Å². The number of urea groups is 1. The number of imidazole rings is 1. The van der Waals surface area contributed by atoms with Crippen molar-refractivity contribution in [2.45, 2.75) is 6.04 Å². The highest BCUT2D eigenvalue weighted by atomic mass is 16.5. The Bertz CT molecular complexity index is 725. The van der Waals surface area contributed by atoms with Crippen molar-refractivity contribution in [1.29, 1.82) is 0 Å². The van der Waals surface area contributed by atoms with Crippen molar-refractivity contribution < 1.29 is 14.3 Å². The lowest BCUT2D eigenvalue weighted by Gasteiger charge is -2.26. The first-order chi connectivity index (χ1) is 13.2. The molecule has 2 amide bonds. The van der Waals surface area contributed by atoms with E-state index in [2.05, 4.69) is 20.5 Å². The standard InChI is InChI=1S/C19H27N5O3/c1-23-9-7-20-18(23)17(15-3-5-16(26-2)6-4-15)22-19(25)21-8-10-24-11-13-27-14-12-24/h3-7,9,17H,8,10-14H2,1-2H3,(H2,21,22,25). The van der Waals surface area contributed by atoms with Gasteiger partial charge in [-0.3, -0.25) is 4.90 Å². The van der Waals surface area contributed by atoms with Gasteiger partial charge in [-0.15, -0.1) is 0 Å². The molecule has 0 bridgehead atoms. The molecule has 1 atom stereocenters. The van der Waals surface area contributed by atoms with Crippen LogP contribution in [0.25, 0.3) is 0 Å². The predicted molar refractivity (Wildman–Crippen MR) is 102 cm³/mol. The third-order valence-electron chi connectivity index (χ3n) is 4.66. The Morgan fingerprint density at radius 2 is 2.04 bits per heavy atom. The quantitative estimate of drug-likeness (QED) is 0.761. The molecule has 1 fully saturated rings. The fourth-order valence-electron chi connectivity index (χ4n) is 3.08. The van der Waals surface area contributed by atoms with Gasteiger partial charge in [0.1, 0.15) is 17.6 Å². The van der Waals surface area contributed by atoms with E-state index in [0.29, 0.717) is 6.54 Å². The summed E-state index contributed by atoms with van der Waals surface area (Å²) in [5, 5.41) is 5.97.